The van der Waals surface area contributed by atoms with Crippen LogP contribution in [0.3, 0.4) is 0 Å². The van der Waals surface area contributed by atoms with Crippen molar-refractivity contribution in [1.82, 2.24) is 10.3 Å². The standard InChI is InChI=1S/C12H21N3S/c1-4-7-15(10-5-6-10)12-14-8-11(16-12)9(2)13-3/h8-10,13H,4-7H2,1-3H3. The van der Waals surface area contributed by atoms with Crippen LogP contribution in [0.2, 0.25) is 0 Å². The molecule has 0 bridgehead atoms. The molecule has 1 saturated carbocycles. The van der Waals surface area contributed by atoms with E-state index in [4.69, 9.17) is 0 Å². The molecular weight excluding hydrogens is 218 g/mol. The van der Waals surface area contributed by atoms with Crippen molar-refractivity contribution in [2.24, 2.45) is 0 Å². The van der Waals surface area contributed by atoms with Gasteiger partial charge in [0.1, 0.15) is 0 Å². The fourth-order valence-electron chi connectivity index (χ4n) is 1.81. The van der Waals surface area contributed by atoms with Crippen molar-refractivity contribution in [2.45, 2.75) is 45.2 Å². The first-order chi connectivity index (χ1) is 7.76. The Morgan fingerprint density at radius 1 is 1.62 bits per heavy atom. The molecule has 90 valence electrons. The molecule has 0 aliphatic heterocycles. The summed E-state index contributed by atoms with van der Waals surface area (Å²) >= 11 is 1.83. The number of anilines is 1. The zero-order chi connectivity index (χ0) is 11.5. The van der Waals surface area contributed by atoms with Gasteiger partial charge in [-0.05, 0) is 33.2 Å². The van der Waals surface area contributed by atoms with E-state index >= 15 is 0 Å². The summed E-state index contributed by atoms with van der Waals surface area (Å²) < 4.78 is 0. The zero-order valence-electron chi connectivity index (χ0n) is 10.4. The van der Waals surface area contributed by atoms with E-state index in [-0.39, 0.29) is 0 Å². The predicted octanol–water partition coefficient (Wildman–Crippen LogP) is 2.80. The normalized spacial score (nSPS) is 17.4. The molecule has 1 aliphatic carbocycles. The third kappa shape index (κ3) is 2.55. The monoisotopic (exact) mass is 239 g/mol. The SMILES string of the molecule is CCCN(c1ncc(C(C)NC)s1)C1CC1. The first-order valence-electron chi connectivity index (χ1n) is 6.16. The average molecular weight is 239 g/mol. The van der Waals surface area contributed by atoms with Crippen molar-refractivity contribution in [1.29, 1.82) is 0 Å². The molecular formula is C12H21N3S. The van der Waals surface area contributed by atoms with Gasteiger partial charge < -0.3 is 10.2 Å². The summed E-state index contributed by atoms with van der Waals surface area (Å²) in [4.78, 5) is 8.39. The number of hydrogen-bond donors (Lipinski definition) is 1. The van der Waals surface area contributed by atoms with Gasteiger partial charge in [-0.15, -0.1) is 11.3 Å². The first kappa shape index (κ1) is 11.9. The lowest BCUT2D eigenvalue weighted by atomic mass is 10.3. The minimum Gasteiger partial charge on any atom is -0.345 e. The van der Waals surface area contributed by atoms with Gasteiger partial charge in [0.25, 0.3) is 0 Å². The molecule has 0 amide bonds. The second kappa shape index (κ2) is 5.15. The van der Waals surface area contributed by atoms with E-state index in [2.05, 4.69) is 29.0 Å². The fourth-order valence-corrected chi connectivity index (χ4v) is 2.89. The summed E-state index contributed by atoms with van der Waals surface area (Å²) in [7, 11) is 1.99. The molecule has 1 aromatic rings. The van der Waals surface area contributed by atoms with Crippen LogP contribution >= 0.6 is 11.3 Å². The van der Waals surface area contributed by atoms with E-state index in [1.807, 2.05) is 24.6 Å². The molecule has 0 aromatic carbocycles. The number of rotatable bonds is 6. The van der Waals surface area contributed by atoms with Crippen molar-refractivity contribution in [3.05, 3.63) is 11.1 Å². The molecule has 1 unspecified atom stereocenters. The minimum absolute atomic E-state index is 0.411. The van der Waals surface area contributed by atoms with Crippen LogP contribution in [0.15, 0.2) is 6.20 Å². The topological polar surface area (TPSA) is 28.2 Å². The molecule has 1 N–H and O–H groups in total. The van der Waals surface area contributed by atoms with Crippen molar-refractivity contribution in [3.8, 4) is 0 Å². The van der Waals surface area contributed by atoms with E-state index in [0.717, 1.165) is 12.6 Å². The van der Waals surface area contributed by atoms with Gasteiger partial charge in [0.2, 0.25) is 0 Å². The highest BCUT2D eigenvalue weighted by Gasteiger charge is 2.30. The number of hydrogen-bond acceptors (Lipinski definition) is 4. The van der Waals surface area contributed by atoms with Crippen molar-refractivity contribution in [2.75, 3.05) is 18.5 Å². The average Bonchev–Trinajstić information content (AvgIpc) is 3.02. The van der Waals surface area contributed by atoms with Crippen LogP contribution in [0.4, 0.5) is 5.13 Å². The van der Waals surface area contributed by atoms with Gasteiger partial charge in [0.05, 0.1) is 0 Å². The molecule has 2 rings (SSSR count). The number of nitrogens with zero attached hydrogens (tertiary/aromatic N) is 2. The summed E-state index contributed by atoms with van der Waals surface area (Å²) in [6.45, 7) is 5.56. The second-order valence-corrected chi connectivity index (χ2v) is 5.52. The smallest absolute Gasteiger partial charge is 0.185 e. The fraction of sp³-hybridized carbons (Fsp3) is 0.750. The maximum Gasteiger partial charge on any atom is 0.185 e. The molecule has 1 aromatic heterocycles. The zero-order valence-corrected chi connectivity index (χ0v) is 11.2. The van der Waals surface area contributed by atoms with E-state index in [9.17, 15) is 0 Å². The van der Waals surface area contributed by atoms with Crippen LogP contribution in [0.5, 0.6) is 0 Å². The van der Waals surface area contributed by atoms with Gasteiger partial charge in [0, 0.05) is 29.7 Å². The predicted molar refractivity (Wildman–Crippen MR) is 70.2 cm³/mol. The maximum atomic E-state index is 4.57. The number of thiazole rings is 1. The van der Waals surface area contributed by atoms with E-state index < -0.39 is 0 Å². The molecule has 0 spiro atoms. The Bertz CT molecular complexity index is 333. The Labute approximate surface area is 102 Å². The maximum absolute atomic E-state index is 4.57. The highest BCUT2D eigenvalue weighted by molar-refractivity contribution is 7.15. The lowest BCUT2D eigenvalue weighted by Crippen LogP contribution is -2.26. The molecule has 1 aliphatic rings. The highest BCUT2D eigenvalue weighted by Crippen LogP contribution is 2.35. The van der Waals surface area contributed by atoms with Gasteiger partial charge >= 0.3 is 0 Å². The van der Waals surface area contributed by atoms with E-state index in [1.165, 1.54) is 29.3 Å². The van der Waals surface area contributed by atoms with Gasteiger partial charge in [0.15, 0.2) is 5.13 Å². The quantitative estimate of drug-likeness (QED) is 0.827. The summed E-state index contributed by atoms with van der Waals surface area (Å²) in [6, 6.07) is 1.18. The molecule has 1 heterocycles. The van der Waals surface area contributed by atoms with Crippen molar-refractivity contribution < 1.29 is 0 Å². The molecule has 1 atom stereocenters. The number of aromatic nitrogens is 1. The van der Waals surface area contributed by atoms with Crippen molar-refractivity contribution in [3.63, 3.8) is 0 Å². The van der Waals surface area contributed by atoms with E-state index in [0.29, 0.717) is 6.04 Å². The molecule has 0 radical (unpaired) electrons. The summed E-state index contributed by atoms with van der Waals surface area (Å²) in [5.41, 5.74) is 0. The van der Waals surface area contributed by atoms with Crippen LogP contribution < -0.4 is 10.2 Å². The van der Waals surface area contributed by atoms with Gasteiger partial charge in [-0.25, -0.2) is 4.98 Å². The second-order valence-electron chi connectivity index (χ2n) is 4.48. The lowest BCUT2D eigenvalue weighted by molar-refractivity contribution is 0.662. The van der Waals surface area contributed by atoms with Gasteiger partial charge in [-0.3, -0.25) is 0 Å². The first-order valence-corrected chi connectivity index (χ1v) is 6.97. The Hall–Kier alpha value is -0.610. The Morgan fingerprint density at radius 3 is 2.94 bits per heavy atom. The number of nitrogens with one attached hydrogen (secondary N) is 1. The van der Waals surface area contributed by atoms with Crippen LogP contribution in [-0.2, 0) is 0 Å². The Morgan fingerprint density at radius 2 is 2.38 bits per heavy atom. The van der Waals surface area contributed by atoms with Crippen LogP contribution in [0.1, 0.15) is 44.0 Å². The van der Waals surface area contributed by atoms with E-state index in [1.54, 1.807) is 0 Å². The highest BCUT2D eigenvalue weighted by atomic mass is 32.1. The Balaban J connectivity index is 2.09. The third-order valence-corrected chi connectivity index (χ3v) is 4.29. The lowest BCUT2D eigenvalue weighted by Gasteiger charge is -2.20. The van der Waals surface area contributed by atoms with Crippen LogP contribution in [0, 0.1) is 0 Å². The molecule has 1 fully saturated rings. The van der Waals surface area contributed by atoms with Crippen LogP contribution in [0.25, 0.3) is 0 Å². The van der Waals surface area contributed by atoms with Crippen molar-refractivity contribution >= 4 is 16.5 Å². The summed E-state index contributed by atoms with van der Waals surface area (Å²) in [5.74, 6) is 0. The molecule has 0 saturated heterocycles. The summed E-state index contributed by atoms with van der Waals surface area (Å²) in [6.07, 6.45) is 5.91. The van der Waals surface area contributed by atoms with Crippen LogP contribution in [-0.4, -0.2) is 24.6 Å². The summed E-state index contributed by atoms with van der Waals surface area (Å²) in [5, 5.41) is 4.47. The molecule has 3 nitrogen and oxygen atoms in total. The largest absolute Gasteiger partial charge is 0.345 e. The Kier molecular flexibility index (Phi) is 3.82. The van der Waals surface area contributed by atoms with Gasteiger partial charge in [-0.2, -0.15) is 0 Å². The molecule has 4 heteroatoms. The van der Waals surface area contributed by atoms with Gasteiger partial charge in [-0.1, -0.05) is 6.92 Å². The molecule has 16 heavy (non-hydrogen) atoms. The third-order valence-electron chi connectivity index (χ3n) is 3.07. The minimum atomic E-state index is 0.411.